The smallest absolute Gasteiger partial charge is 0.311 e. The minimum atomic E-state index is -0.970. The highest BCUT2D eigenvalue weighted by molar-refractivity contribution is 6.54. The fraction of sp³-hybridized carbons (Fsp3) is 0.273. The van der Waals surface area contributed by atoms with Crippen molar-refractivity contribution >= 4 is 57.3 Å². The quantitative estimate of drug-likeness (QED) is 0.510. The number of fused-ring (bicyclic) bond motifs is 5. The number of aliphatic hydroxyl groups is 1. The summed E-state index contributed by atoms with van der Waals surface area (Å²) in [7, 11) is 0.295. The van der Waals surface area contributed by atoms with Crippen molar-refractivity contribution in [3.63, 3.8) is 0 Å². The van der Waals surface area contributed by atoms with Crippen LogP contribution in [-0.2, 0) is 4.65 Å². The Bertz CT molecular complexity index is 1160. The van der Waals surface area contributed by atoms with Crippen LogP contribution in [0.2, 0.25) is 5.02 Å². The van der Waals surface area contributed by atoms with E-state index in [1.807, 2.05) is 44.2 Å². The van der Waals surface area contributed by atoms with Crippen LogP contribution in [0, 0.1) is 0 Å². The lowest BCUT2D eigenvalue weighted by Gasteiger charge is -2.37. The Kier molecular flexibility index (Phi) is 4.26. The van der Waals surface area contributed by atoms with Crippen LogP contribution < -0.4 is 5.46 Å². The molecule has 0 fully saturated rings. The van der Waals surface area contributed by atoms with Crippen molar-refractivity contribution in [2.75, 3.05) is 0 Å². The Morgan fingerprint density at radius 1 is 0.963 bits per heavy atom. The van der Waals surface area contributed by atoms with Gasteiger partial charge in [0, 0.05) is 15.8 Å². The number of halogens is 1. The van der Waals surface area contributed by atoms with E-state index in [-0.39, 0.29) is 0 Å². The number of rotatable bonds is 4. The molecule has 1 N–H and O–H groups in total. The summed E-state index contributed by atoms with van der Waals surface area (Å²) in [4.78, 5) is 0. The maximum absolute atomic E-state index is 10.3. The molecule has 0 amide bonds. The molecule has 3 nitrogen and oxygen atoms in total. The van der Waals surface area contributed by atoms with Crippen molar-refractivity contribution < 1.29 is 14.2 Å². The molecule has 0 spiro atoms. The molecule has 5 heteroatoms. The molecule has 1 heterocycles. The van der Waals surface area contributed by atoms with Gasteiger partial charge in [-0.3, -0.25) is 0 Å². The van der Waals surface area contributed by atoms with Gasteiger partial charge >= 0.3 is 7.48 Å². The highest BCUT2D eigenvalue weighted by Crippen LogP contribution is 2.35. The van der Waals surface area contributed by atoms with E-state index in [1.54, 1.807) is 13.8 Å². The van der Waals surface area contributed by atoms with Crippen molar-refractivity contribution in [1.29, 1.82) is 0 Å². The first-order valence-corrected chi connectivity index (χ1v) is 9.44. The van der Waals surface area contributed by atoms with Crippen LogP contribution in [0.1, 0.15) is 27.7 Å². The van der Waals surface area contributed by atoms with Crippen LogP contribution in [0.3, 0.4) is 0 Å². The first kappa shape index (κ1) is 18.4. The highest BCUT2D eigenvalue weighted by Gasteiger charge is 2.35. The minimum Gasteiger partial charge on any atom is -0.456 e. The van der Waals surface area contributed by atoms with Gasteiger partial charge in [0.1, 0.15) is 11.2 Å². The van der Waals surface area contributed by atoms with Gasteiger partial charge in [0.05, 0.1) is 11.2 Å². The Hall–Kier alpha value is -2.01. The second-order valence-electron chi connectivity index (χ2n) is 8.06. The van der Waals surface area contributed by atoms with Gasteiger partial charge < -0.3 is 14.2 Å². The summed E-state index contributed by atoms with van der Waals surface area (Å²) >= 11 is 6.57. The fourth-order valence-corrected chi connectivity index (χ4v) is 3.37. The molecule has 1 aromatic heterocycles. The first-order valence-electron chi connectivity index (χ1n) is 9.06. The van der Waals surface area contributed by atoms with E-state index in [0.29, 0.717) is 12.5 Å². The van der Waals surface area contributed by atoms with Gasteiger partial charge in [-0.15, -0.1) is 0 Å². The molecule has 0 bridgehead atoms. The number of furan rings is 1. The van der Waals surface area contributed by atoms with E-state index in [2.05, 4.69) is 18.2 Å². The molecule has 0 aliphatic heterocycles. The zero-order valence-electron chi connectivity index (χ0n) is 16.0. The predicted octanol–water partition coefficient (Wildman–Crippen LogP) is 4.94. The number of benzene rings is 3. The van der Waals surface area contributed by atoms with Crippen LogP contribution in [0.25, 0.3) is 32.7 Å². The zero-order valence-corrected chi connectivity index (χ0v) is 16.7. The average Bonchev–Trinajstić information content (AvgIpc) is 2.96. The van der Waals surface area contributed by atoms with Gasteiger partial charge in [-0.05, 0) is 62.1 Å². The lowest BCUT2D eigenvalue weighted by molar-refractivity contribution is -0.0893. The second-order valence-corrected chi connectivity index (χ2v) is 8.47. The van der Waals surface area contributed by atoms with E-state index < -0.39 is 11.2 Å². The Balaban J connectivity index is 1.80. The van der Waals surface area contributed by atoms with Crippen LogP contribution in [0.15, 0.2) is 52.9 Å². The van der Waals surface area contributed by atoms with Crippen LogP contribution >= 0.6 is 11.6 Å². The van der Waals surface area contributed by atoms with E-state index in [0.717, 1.165) is 32.8 Å². The van der Waals surface area contributed by atoms with E-state index >= 15 is 0 Å². The molecule has 0 saturated heterocycles. The maximum atomic E-state index is 10.3. The lowest BCUT2D eigenvalue weighted by atomic mass is 9.82. The van der Waals surface area contributed by atoms with Crippen molar-refractivity contribution in [3.8, 4) is 0 Å². The molecule has 0 radical (unpaired) electrons. The maximum Gasteiger partial charge on any atom is 0.311 e. The topological polar surface area (TPSA) is 42.6 Å². The van der Waals surface area contributed by atoms with E-state index in [4.69, 9.17) is 20.7 Å². The Morgan fingerprint density at radius 2 is 1.70 bits per heavy atom. The summed E-state index contributed by atoms with van der Waals surface area (Å²) in [5, 5.41) is 15.3. The summed E-state index contributed by atoms with van der Waals surface area (Å²) < 4.78 is 12.1. The fourth-order valence-electron chi connectivity index (χ4n) is 3.15. The van der Waals surface area contributed by atoms with E-state index in [9.17, 15) is 5.11 Å². The molecule has 138 valence electrons. The number of hydrogen-bond acceptors (Lipinski definition) is 3. The van der Waals surface area contributed by atoms with Gasteiger partial charge in [0.15, 0.2) is 0 Å². The average molecular weight is 381 g/mol. The third-order valence-corrected chi connectivity index (χ3v) is 5.94. The Labute approximate surface area is 164 Å². The molecule has 0 aliphatic carbocycles. The normalized spacial score (nSPS) is 13.0. The summed E-state index contributed by atoms with van der Waals surface area (Å²) in [6, 6.07) is 16.2. The summed E-state index contributed by atoms with van der Waals surface area (Å²) in [6.07, 6.45) is 0. The second kappa shape index (κ2) is 6.27. The molecule has 27 heavy (non-hydrogen) atoms. The first-order chi connectivity index (χ1) is 12.7. The summed E-state index contributed by atoms with van der Waals surface area (Å²) in [5.41, 5.74) is 0.780. The van der Waals surface area contributed by atoms with Gasteiger partial charge in [0.25, 0.3) is 0 Å². The third kappa shape index (κ3) is 3.12. The third-order valence-electron chi connectivity index (χ3n) is 5.59. The highest BCUT2D eigenvalue weighted by atomic mass is 35.5. The molecule has 0 saturated carbocycles. The van der Waals surface area contributed by atoms with E-state index in [1.165, 1.54) is 5.39 Å². The van der Waals surface area contributed by atoms with Crippen molar-refractivity contribution in [2.45, 2.75) is 38.9 Å². The van der Waals surface area contributed by atoms with Gasteiger partial charge in [-0.1, -0.05) is 41.9 Å². The SMILES string of the molecule is CC(C)(O)C(C)(C)OBc1cc2oc3ccc4ccccc4c3c2cc1Cl. The molecular weight excluding hydrogens is 359 g/mol. The van der Waals surface area contributed by atoms with Gasteiger partial charge in [-0.2, -0.15) is 0 Å². The van der Waals surface area contributed by atoms with Crippen molar-refractivity contribution in [2.24, 2.45) is 0 Å². The zero-order chi connectivity index (χ0) is 19.4. The standard InChI is InChI=1S/C22H22BClO3/c1-21(2,25)22(3,4)27-23-16-12-19-15(11-17(16)24)20-14-8-6-5-7-13(14)9-10-18(20)26-19/h5-12,23,25H,1-4H3. The molecule has 0 atom stereocenters. The predicted molar refractivity (Wildman–Crippen MR) is 114 cm³/mol. The van der Waals surface area contributed by atoms with Gasteiger partial charge in [0.2, 0.25) is 0 Å². The molecule has 0 aliphatic rings. The molecule has 3 aromatic carbocycles. The molecular formula is C22H22BClO3. The summed E-state index contributed by atoms with van der Waals surface area (Å²) in [6.45, 7) is 7.21. The van der Waals surface area contributed by atoms with Crippen LogP contribution in [-0.4, -0.2) is 23.8 Å². The minimum absolute atomic E-state index is 0.295. The molecule has 4 aromatic rings. The van der Waals surface area contributed by atoms with Crippen LogP contribution in [0.4, 0.5) is 0 Å². The molecule has 0 unspecified atom stereocenters. The van der Waals surface area contributed by atoms with Gasteiger partial charge in [-0.25, -0.2) is 0 Å². The Morgan fingerprint density at radius 3 is 2.44 bits per heavy atom. The summed E-state index contributed by atoms with van der Waals surface area (Å²) in [5.74, 6) is 0. The monoisotopic (exact) mass is 380 g/mol. The lowest BCUT2D eigenvalue weighted by Crippen LogP contribution is -2.49. The van der Waals surface area contributed by atoms with Crippen molar-refractivity contribution in [3.05, 3.63) is 53.6 Å². The van der Waals surface area contributed by atoms with Crippen molar-refractivity contribution in [1.82, 2.24) is 0 Å². The largest absolute Gasteiger partial charge is 0.456 e. The van der Waals surface area contributed by atoms with Crippen LogP contribution in [0.5, 0.6) is 0 Å². The number of hydrogen-bond donors (Lipinski definition) is 1. The molecule has 4 rings (SSSR count).